The molecule has 0 fully saturated rings. The van der Waals surface area contributed by atoms with Gasteiger partial charge < -0.3 is 0 Å². The predicted octanol–water partition coefficient (Wildman–Crippen LogP) is 3.76. The lowest BCUT2D eigenvalue weighted by Gasteiger charge is -2.35. The van der Waals surface area contributed by atoms with Gasteiger partial charge in [0.2, 0.25) is 10.0 Å². The normalized spacial score (nSPS) is 22.2. The van der Waals surface area contributed by atoms with E-state index in [1.807, 2.05) is 36.4 Å². The second-order valence-corrected chi connectivity index (χ2v) is 9.38. The van der Waals surface area contributed by atoms with Crippen LogP contribution in [0.3, 0.4) is 0 Å². The van der Waals surface area contributed by atoms with Gasteiger partial charge >= 0.3 is 0 Å². The van der Waals surface area contributed by atoms with Crippen molar-refractivity contribution in [2.75, 3.05) is 0 Å². The van der Waals surface area contributed by atoms with Gasteiger partial charge in [0, 0.05) is 29.1 Å². The molecule has 28 heavy (non-hydrogen) atoms. The average Bonchev–Trinajstić information content (AvgIpc) is 3.34. The molecule has 4 aromatic rings. The Hall–Kier alpha value is -3.19. The van der Waals surface area contributed by atoms with Gasteiger partial charge in [0.05, 0.1) is 11.7 Å². The summed E-state index contributed by atoms with van der Waals surface area (Å²) in [5.74, 6) is -0.351. The first-order valence-electron chi connectivity index (χ1n) is 8.97. The molecule has 0 saturated heterocycles. The van der Waals surface area contributed by atoms with Crippen LogP contribution in [-0.4, -0.2) is 32.3 Å². The van der Waals surface area contributed by atoms with Crippen molar-refractivity contribution in [2.45, 2.75) is 17.6 Å². The molecule has 0 aliphatic heterocycles. The van der Waals surface area contributed by atoms with Crippen LogP contribution in [-0.2, 0) is 10.0 Å². The highest BCUT2D eigenvalue weighted by atomic mass is 32.2. The van der Waals surface area contributed by atoms with E-state index in [4.69, 9.17) is 0 Å². The summed E-state index contributed by atoms with van der Waals surface area (Å²) < 4.78 is 27.7. The number of hydrogen-bond acceptors (Lipinski definition) is 4. The van der Waals surface area contributed by atoms with E-state index < -0.39 is 14.8 Å². The van der Waals surface area contributed by atoms with E-state index in [1.165, 1.54) is 3.97 Å². The molecule has 2 atom stereocenters. The number of allylic oxidation sites excluding steroid dienone is 3. The van der Waals surface area contributed by atoms with Crippen LogP contribution < -0.4 is 0 Å². The molecule has 5 rings (SSSR count). The number of aromatic amines is 1. The highest BCUT2D eigenvalue weighted by Crippen LogP contribution is 2.41. The molecule has 2 unspecified atom stereocenters. The highest BCUT2D eigenvalue weighted by Gasteiger charge is 2.46. The number of benzene rings is 1. The lowest BCUT2D eigenvalue weighted by molar-refractivity contribution is 0.536. The zero-order chi connectivity index (χ0) is 19.4. The van der Waals surface area contributed by atoms with Crippen molar-refractivity contribution in [3.63, 3.8) is 0 Å². The van der Waals surface area contributed by atoms with Gasteiger partial charge in [-0.05, 0) is 36.8 Å². The molecule has 140 valence electrons. The third-order valence-electron chi connectivity index (χ3n) is 5.51. The van der Waals surface area contributed by atoms with Gasteiger partial charge in [-0.25, -0.2) is 17.4 Å². The fourth-order valence-electron chi connectivity index (χ4n) is 3.90. The number of nitrogens with zero attached hydrogens (tertiary/aromatic N) is 3. The number of aromatic nitrogens is 4. The molecule has 1 aromatic carbocycles. The molecule has 6 nitrogen and oxygen atoms in total. The number of H-pyrrole nitrogens is 1. The Bertz CT molecular complexity index is 1360. The first-order chi connectivity index (χ1) is 13.5. The minimum absolute atomic E-state index is 0.351. The number of hydrogen-bond donors (Lipinski definition) is 1. The molecule has 3 heterocycles. The standard InChI is InChI=1S/C21H18N4O2S/c1-21(28(26,27)25-12-9-15-5-4-11-22-20(15)25)10-3-2-6-18(21)16-7-8-17-14-23-24-19(17)13-16/h2-14,18H,1H3,(H,23,24). The summed E-state index contributed by atoms with van der Waals surface area (Å²) in [5.41, 5.74) is 2.23. The third-order valence-corrected chi connectivity index (χ3v) is 7.83. The van der Waals surface area contributed by atoms with Crippen LogP contribution in [0, 0.1) is 0 Å². The summed E-state index contributed by atoms with van der Waals surface area (Å²) in [5, 5.41) is 8.80. The number of fused-ring (bicyclic) bond motifs is 2. The van der Waals surface area contributed by atoms with Gasteiger partial charge in [0.1, 0.15) is 4.75 Å². The Morgan fingerprint density at radius 3 is 2.93 bits per heavy atom. The van der Waals surface area contributed by atoms with Crippen LogP contribution in [0.15, 0.2) is 79.3 Å². The van der Waals surface area contributed by atoms with Gasteiger partial charge in [0.25, 0.3) is 0 Å². The molecular formula is C21H18N4O2S. The molecule has 7 heteroatoms. The largest absolute Gasteiger partial charge is 0.278 e. The van der Waals surface area contributed by atoms with Gasteiger partial charge in [0.15, 0.2) is 5.65 Å². The zero-order valence-electron chi connectivity index (χ0n) is 15.1. The summed E-state index contributed by atoms with van der Waals surface area (Å²) in [6.07, 6.45) is 12.3. The second kappa shape index (κ2) is 5.90. The Morgan fingerprint density at radius 2 is 2.04 bits per heavy atom. The minimum atomic E-state index is -3.79. The maximum absolute atomic E-state index is 13.8. The van der Waals surface area contributed by atoms with E-state index in [1.54, 1.807) is 49.8 Å². The highest BCUT2D eigenvalue weighted by molar-refractivity contribution is 7.91. The van der Waals surface area contributed by atoms with Crippen LogP contribution in [0.2, 0.25) is 0 Å². The van der Waals surface area contributed by atoms with Crippen molar-refractivity contribution in [3.05, 3.63) is 84.9 Å². The van der Waals surface area contributed by atoms with E-state index in [9.17, 15) is 8.42 Å². The second-order valence-electron chi connectivity index (χ2n) is 7.16. The van der Waals surface area contributed by atoms with Crippen molar-refractivity contribution in [2.24, 2.45) is 0 Å². The van der Waals surface area contributed by atoms with E-state index in [2.05, 4.69) is 15.2 Å². The van der Waals surface area contributed by atoms with E-state index in [0.29, 0.717) is 5.65 Å². The lowest BCUT2D eigenvalue weighted by atomic mass is 9.83. The molecule has 0 amide bonds. The Kier molecular flexibility index (Phi) is 3.57. The quantitative estimate of drug-likeness (QED) is 0.578. The van der Waals surface area contributed by atoms with E-state index >= 15 is 0 Å². The minimum Gasteiger partial charge on any atom is -0.278 e. The predicted molar refractivity (Wildman–Crippen MR) is 110 cm³/mol. The van der Waals surface area contributed by atoms with Crippen molar-refractivity contribution in [1.29, 1.82) is 0 Å². The topological polar surface area (TPSA) is 80.6 Å². The van der Waals surface area contributed by atoms with E-state index in [0.717, 1.165) is 21.9 Å². The number of pyridine rings is 1. The van der Waals surface area contributed by atoms with Crippen LogP contribution in [0.4, 0.5) is 0 Å². The average molecular weight is 390 g/mol. The summed E-state index contributed by atoms with van der Waals surface area (Å²) in [6, 6.07) is 11.3. The number of rotatable bonds is 3. The van der Waals surface area contributed by atoms with Gasteiger partial charge in [-0.1, -0.05) is 36.4 Å². The monoisotopic (exact) mass is 390 g/mol. The molecular weight excluding hydrogens is 372 g/mol. The van der Waals surface area contributed by atoms with Crippen LogP contribution in [0.25, 0.3) is 21.9 Å². The fraction of sp³-hybridized carbons (Fsp3) is 0.143. The van der Waals surface area contributed by atoms with Gasteiger partial charge in [-0.2, -0.15) is 5.10 Å². The molecule has 0 saturated carbocycles. The summed E-state index contributed by atoms with van der Waals surface area (Å²) in [4.78, 5) is 4.29. The lowest BCUT2D eigenvalue weighted by Crippen LogP contribution is -2.43. The number of nitrogens with one attached hydrogen (secondary N) is 1. The van der Waals surface area contributed by atoms with Crippen LogP contribution in [0.5, 0.6) is 0 Å². The molecule has 3 aromatic heterocycles. The SMILES string of the molecule is CC1(S(=O)(=O)n2ccc3cccnc32)C=CC=CC1c1ccc2cn[nH]c2c1. The zero-order valence-corrected chi connectivity index (χ0v) is 16.0. The molecule has 1 N–H and O–H groups in total. The summed E-state index contributed by atoms with van der Waals surface area (Å²) in [7, 11) is -3.79. The Labute approximate surface area is 162 Å². The fourth-order valence-corrected chi connectivity index (χ4v) is 5.71. The van der Waals surface area contributed by atoms with Crippen molar-refractivity contribution >= 4 is 32.0 Å². The Balaban J connectivity index is 1.69. The molecule has 0 spiro atoms. The first kappa shape index (κ1) is 16.9. The maximum atomic E-state index is 13.8. The van der Waals surface area contributed by atoms with Crippen LogP contribution >= 0.6 is 0 Å². The van der Waals surface area contributed by atoms with E-state index in [-0.39, 0.29) is 5.92 Å². The van der Waals surface area contributed by atoms with Crippen molar-refractivity contribution in [3.8, 4) is 0 Å². The van der Waals surface area contributed by atoms with Gasteiger partial charge in [-0.3, -0.25) is 5.10 Å². The summed E-state index contributed by atoms with van der Waals surface area (Å²) >= 11 is 0. The Morgan fingerprint density at radius 1 is 1.14 bits per heavy atom. The molecule has 0 bridgehead atoms. The third kappa shape index (κ3) is 2.29. The molecule has 1 aliphatic rings. The first-order valence-corrected chi connectivity index (χ1v) is 10.4. The molecule has 0 radical (unpaired) electrons. The maximum Gasteiger partial charge on any atom is 0.250 e. The summed E-state index contributed by atoms with van der Waals surface area (Å²) in [6.45, 7) is 1.76. The van der Waals surface area contributed by atoms with Crippen LogP contribution in [0.1, 0.15) is 18.4 Å². The molecule has 1 aliphatic carbocycles. The van der Waals surface area contributed by atoms with Gasteiger partial charge in [-0.15, -0.1) is 0 Å². The van der Waals surface area contributed by atoms with Crippen molar-refractivity contribution in [1.82, 2.24) is 19.2 Å². The van der Waals surface area contributed by atoms with Crippen molar-refractivity contribution < 1.29 is 8.42 Å². The smallest absolute Gasteiger partial charge is 0.250 e.